The number of carboxylic acid groups (broad SMARTS) is 1. The Morgan fingerprint density at radius 2 is 2.26 bits per heavy atom. The molecule has 0 fully saturated rings. The number of carbonyl (C=O) groups is 2. The van der Waals surface area contributed by atoms with Crippen molar-refractivity contribution in [2.24, 2.45) is 0 Å². The van der Waals surface area contributed by atoms with Gasteiger partial charge in [-0.3, -0.25) is 0 Å². The van der Waals surface area contributed by atoms with Gasteiger partial charge in [-0.15, -0.1) is 23.7 Å². The van der Waals surface area contributed by atoms with E-state index in [0.717, 1.165) is 9.88 Å². The summed E-state index contributed by atoms with van der Waals surface area (Å²) in [5.74, 6) is 1.05. The molecular weight excluding hydrogens is 266 g/mol. The van der Waals surface area contributed by atoms with Crippen LogP contribution in [0.5, 0.6) is 0 Å². The maximum atomic E-state index is 11.6. The Morgan fingerprint density at radius 1 is 1.58 bits per heavy atom. The molecule has 0 saturated carbocycles. The third-order valence-corrected chi connectivity index (χ3v) is 3.38. The van der Waals surface area contributed by atoms with E-state index in [-0.39, 0.29) is 12.5 Å². The number of nitrogens with zero attached hydrogens (tertiary/aromatic N) is 1. The van der Waals surface area contributed by atoms with Gasteiger partial charge in [-0.1, -0.05) is 0 Å². The molecule has 2 amide bonds. The molecule has 0 saturated heterocycles. The molecule has 6 nitrogen and oxygen atoms in total. The number of aliphatic carboxylic acids is 1. The Hall–Kier alpha value is -2.07. The van der Waals surface area contributed by atoms with Crippen molar-refractivity contribution < 1.29 is 14.7 Å². The maximum Gasteiger partial charge on any atom is 0.327 e. The van der Waals surface area contributed by atoms with Crippen LogP contribution in [0.25, 0.3) is 0 Å². The van der Waals surface area contributed by atoms with E-state index in [2.05, 4.69) is 21.5 Å². The summed E-state index contributed by atoms with van der Waals surface area (Å²) >= 11 is 1.47. The molecule has 0 radical (unpaired) electrons. The van der Waals surface area contributed by atoms with Crippen molar-refractivity contribution in [3.8, 4) is 12.3 Å². The monoisotopic (exact) mass is 281 g/mol. The van der Waals surface area contributed by atoms with E-state index in [1.165, 1.54) is 11.3 Å². The van der Waals surface area contributed by atoms with Gasteiger partial charge in [-0.2, -0.15) is 0 Å². The molecule has 0 aliphatic rings. The first kappa shape index (κ1) is 15.0. The third kappa shape index (κ3) is 4.60. The zero-order chi connectivity index (χ0) is 14.4. The second kappa shape index (κ2) is 6.75. The fourth-order valence-electron chi connectivity index (χ4n) is 1.35. The highest BCUT2D eigenvalue weighted by atomic mass is 32.1. The summed E-state index contributed by atoms with van der Waals surface area (Å²) in [7, 11) is 0. The Balaban J connectivity index is 2.55. The SMILES string of the molecule is C#CCC(NC(=O)NC(C)c1ncc(C)s1)C(=O)O. The number of thiazole rings is 1. The summed E-state index contributed by atoms with van der Waals surface area (Å²) < 4.78 is 0. The van der Waals surface area contributed by atoms with Crippen molar-refractivity contribution >= 4 is 23.3 Å². The number of urea groups is 1. The molecule has 0 spiro atoms. The standard InChI is InChI=1S/C12H15N3O3S/c1-4-5-9(11(16)17)15-12(18)14-8(3)10-13-6-7(2)19-10/h1,6,8-9H,5H2,2-3H3,(H,16,17)(H2,14,15,18). The van der Waals surface area contributed by atoms with Crippen molar-refractivity contribution in [3.63, 3.8) is 0 Å². The summed E-state index contributed by atoms with van der Waals surface area (Å²) in [6.45, 7) is 3.69. The van der Waals surface area contributed by atoms with Gasteiger partial charge in [-0.25, -0.2) is 14.6 Å². The van der Waals surface area contributed by atoms with Crippen LogP contribution in [0.4, 0.5) is 4.79 Å². The quantitative estimate of drug-likeness (QED) is 0.709. The van der Waals surface area contributed by atoms with Gasteiger partial charge >= 0.3 is 12.0 Å². The number of hydrogen-bond acceptors (Lipinski definition) is 4. The fourth-order valence-corrected chi connectivity index (χ4v) is 2.12. The summed E-state index contributed by atoms with van der Waals surface area (Å²) in [6, 6.07) is -1.96. The number of hydrogen-bond donors (Lipinski definition) is 3. The summed E-state index contributed by atoms with van der Waals surface area (Å²) in [4.78, 5) is 27.7. The number of nitrogens with one attached hydrogen (secondary N) is 2. The van der Waals surface area contributed by atoms with Gasteiger partial charge in [0.2, 0.25) is 0 Å². The van der Waals surface area contributed by atoms with Gasteiger partial charge in [-0.05, 0) is 13.8 Å². The molecule has 102 valence electrons. The van der Waals surface area contributed by atoms with Crippen molar-refractivity contribution in [2.75, 3.05) is 0 Å². The molecule has 7 heteroatoms. The molecule has 2 atom stereocenters. The lowest BCUT2D eigenvalue weighted by molar-refractivity contribution is -0.139. The Kier molecular flexibility index (Phi) is 5.33. The van der Waals surface area contributed by atoms with Crippen LogP contribution in [0.1, 0.15) is 29.3 Å². The van der Waals surface area contributed by atoms with Crippen LogP contribution < -0.4 is 10.6 Å². The molecule has 1 aromatic heterocycles. The average Bonchev–Trinajstić information content (AvgIpc) is 2.75. The van der Waals surface area contributed by atoms with Crippen LogP contribution in [0, 0.1) is 19.3 Å². The second-order valence-corrected chi connectivity index (χ2v) is 5.21. The van der Waals surface area contributed by atoms with Crippen LogP contribution in [-0.4, -0.2) is 28.1 Å². The van der Waals surface area contributed by atoms with Crippen molar-refractivity contribution in [3.05, 3.63) is 16.1 Å². The first-order valence-electron chi connectivity index (χ1n) is 5.59. The van der Waals surface area contributed by atoms with Crippen LogP contribution in [0.15, 0.2) is 6.20 Å². The summed E-state index contributed by atoms with van der Waals surface area (Å²) in [5.41, 5.74) is 0. The van der Waals surface area contributed by atoms with E-state index >= 15 is 0 Å². The van der Waals surface area contributed by atoms with Gasteiger partial charge in [0, 0.05) is 17.5 Å². The molecule has 0 aromatic carbocycles. The molecule has 0 bridgehead atoms. The highest BCUT2D eigenvalue weighted by Crippen LogP contribution is 2.18. The molecular formula is C12H15N3O3S. The van der Waals surface area contributed by atoms with Crippen LogP contribution in [0.2, 0.25) is 0 Å². The lowest BCUT2D eigenvalue weighted by atomic mass is 10.2. The number of rotatable bonds is 5. The van der Waals surface area contributed by atoms with Crippen molar-refractivity contribution in [1.29, 1.82) is 0 Å². The Bertz CT molecular complexity index is 507. The Labute approximate surface area is 115 Å². The molecule has 0 aliphatic heterocycles. The van der Waals surface area contributed by atoms with Gasteiger partial charge < -0.3 is 15.7 Å². The smallest absolute Gasteiger partial charge is 0.327 e. The first-order valence-corrected chi connectivity index (χ1v) is 6.41. The maximum absolute atomic E-state index is 11.6. The predicted molar refractivity (Wildman–Crippen MR) is 71.8 cm³/mol. The predicted octanol–water partition coefficient (Wildman–Crippen LogP) is 1.29. The minimum atomic E-state index is -1.16. The van der Waals surface area contributed by atoms with E-state index in [0.29, 0.717) is 0 Å². The number of carboxylic acids is 1. The number of aromatic nitrogens is 1. The molecule has 1 aromatic rings. The van der Waals surface area contributed by atoms with Crippen LogP contribution >= 0.6 is 11.3 Å². The molecule has 19 heavy (non-hydrogen) atoms. The number of terminal acetylenes is 1. The highest BCUT2D eigenvalue weighted by molar-refractivity contribution is 7.11. The summed E-state index contributed by atoms with van der Waals surface area (Å²) in [6.07, 6.45) is 6.70. The van der Waals surface area contributed by atoms with E-state index in [1.54, 1.807) is 13.1 Å². The van der Waals surface area contributed by atoms with Gasteiger partial charge in [0.25, 0.3) is 0 Å². The molecule has 3 N–H and O–H groups in total. The average molecular weight is 281 g/mol. The van der Waals surface area contributed by atoms with E-state index in [1.807, 2.05) is 6.92 Å². The minimum Gasteiger partial charge on any atom is -0.480 e. The normalized spacial score (nSPS) is 13.1. The van der Waals surface area contributed by atoms with E-state index < -0.39 is 18.0 Å². The van der Waals surface area contributed by atoms with Gasteiger partial charge in [0.15, 0.2) is 0 Å². The lowest BCUT2D eigenvalue weighted by Crippen LogP contribution is -2.46. The number of amides is 2. The zero-order valence-corrected chi connectivity index (χ0v) is 11.5. The lowest BCUT2D eigenvalue weighted by Gasteiger charge is -2.15. The highest BCUT2D eigenvalue weighted by Gasteiger charge is 2.20. The van der Waals surface area contributed by atoms with E-state index in [4.69, 9.17) is 11.5 Å². The molecule has 1 heterocycles. The van der Waals surface area contributed by atoms with Crippen LogP contribution in [0.3, 0.4) is 0 Å². The van der Waals surface area contributed by atoms with E-state index in [9.17, 15) is 9.59 Å². The molecule has 2 unspecified atom stereocenters. The third-order valence-electron chi connectivity index (χ3n) is 2.28. The summed E-state index contributed by atoms with van der Waals surface area (Å²) in [5, 5.41) is 14.5. The van der Waals surface area contributed by atoms with Crippen LogP contribution in [-0.2, 0) is 4.79 Å². The van der Waals surface area contributed by atoms with Crippen molar-refractivity contribution in [2.45, 2.75) is 32.4 Å². The first-order chi connectivity index (χ1) is 8.93. The largest absolute Gasteiger partial charge is 0.480 e. The Morgan fingerprint density at radius 3 is 2.74 bits per heavy atom. The second-order valence-electron chi connectivity index (χ2n) is 3.95. The molecule has 0 aliphatic carbocycles. The number of carbonyl (C=O) groups excluding carboxylic acids is 1. The zero-order valence-electron chi connectivity index (χ0n) is 10.6. The topological polar surface area (TPSA) is 91.3 Å². The minimum absolute atomic E-state index is 0.0620. The fraction of sp³-hybridized carbons (Fsp3) is 0.417. The van der Waals surface area contributed by atoms with Crippen molar-refractivity contribution in [1.82, 2.24) is 15.6 Å². The van der Waals surface area contributed by atoms with Gasteiger partial charge in [0.1, 0.15) is 11.0 Å². The molecule has 1 rings (SSSR count). The van der Waals surface area contributed by atoms with Gasteiger partial charge in [0.05, 0.1) is 6.04 Å². The number of aryl methyl sites for hydroxylation is 1.